The Labute approximate surface area is 156 Å². The predicted octanol–water partition coefficient (Wildman–Crippen LogP) is 3.83. The van der Waals surface area contributed by atoms with Gasteiger partial charge in [-0.25, -0.2) is 0 Å². The molecule has 4 rings (SSSR count). The fourth-order valence-corrected chi connectivity index (χ4v) is 3.24. The lowest BCUT2D eigenvalue weighted by Crippen LogP contribution is -2.35. The zero-order valence-electron chi connectivity index (χ0n) is 14.9. The van der Waals surface area contributed by atoms with Crippen molar-refractivity contribution in [2.24, 2.45) is 0 Å². The zero-order chi connectivity index (χ0) is 18.8. The van der Waals surface area contributed by atoms with Crippen LogP contribution in [0.5, 0.6) is 0 Å². The molecule has 0 fully saturated rings. The first-order chi connectivity index (χ1) is 13.1. The van der Waals surface area contributed by atoms with E-state index >= 15 is 0 Å². The molecule has 136 valence electrons. The van der Waals surface area contributed by atoms with Crippen LogP contribution in [0.25, 0.3) is 0 Å². The second kappa shape index (κ2) is 7.07. The van der Waals surface area contributed by atoms with Crippen molar-refractivity contribution in [2.75, 3.05) is 16.8 Å². The summed E-state index contributed by atoms with van der Waals surface area (Å²) in [5.41, 5.74) is 3.77. The minimum absolute atomic E-state index is 0.0996. The molecule has 6 heteroatoms. The van der Waals surface area contributed by atoms with Crippen molar-refractivity contribution in [2.45, 2.75) is 19.8 Å². The minimum Gasteiger partial charge on any atom is -0.459 e. The van der Waals surface area contributed by atoms with Gasteiger partial charge in [0.2, 0.25) is 0 Å². The average molecular weight is 361 g/mol. The zero-order valence-corrected chi connectivity index (χ0v) is 14.9. The van der Waals surface area contributed by atoms with Crippen molar-refractivity contribution in [1.29, 1.82) is 0 Å². The van der Waals surface area contributed by atoms with Crippen LogP contribution < -0.4 is 10.2 Å². The molecule has 0 spiro atoms. The second-order valence-electron chi connectivity index (χ2n) is 6.49. The maximum atomic E-state index is 13.1. The molecule has 3 aromatic rings. The van der Waals surface area contributed by atoms with Crippen molar-refractivity contribution in [3.05, 3.63) is 77.5 Å². The van der Waals surface area contributed by atoms with Gasteiger partial charge in [0.15, 0.2) is 5.76 Å². The molecule has 0 aliphatic carbocycles. The number of nitrogens with one attached hydrogen (secondary N) is 1. The smallest absolute Gasteiger partial charge is 0.291 e. The summed E-state index contributed by atoms with van der Waals surface area (Å²) in [7, 11) is 0. The maximum absolute atomic E-state index is 13.1. The van der Waals surface area contributed by atoms with Crippen molar-refractivity contribution >= 4 is 23.2 Å². The molecule has 2 amide bonds. The Morgan fingerprint density at radius 2 is 2.07 bits per heavy atom. The van der Waals surface area contributed by atoms with Crippen LogP contribution in [0, 0.1) is 6.92 Å². The number of nitrogens with zero attached hydrogens (tertiary/aromatic N) is 2. The van der Waals surface area contributed by atoms with E-state index < -0.39 is 0 Å². The van der Waals surface area contributed by atoms with Gasteiger partial charge >= 0.3 is 0 Å². The van der Waals surface area contributed by atoms with E-state index in [1.165, 1.54) is 6.26 Å². The third-order valence-corrected chi connectivity index (χ3v) is 4.68. The van der Waals surface area contributed by atoms with Crippen LogP contribution in [-0.4, -0.2) is 23.3 Å². The van der Waals surface area contributed by atoms with Crippen LogP contribution in [0.3, 0.4) is 0 Å². The Morgan fingerprint density at radius 1 is 1.19 bits per heavy atom. The van der Waals surface area contributed by atoms with Gasteiger partial charge in [0.05, 0.1) is 17.6 Å². The Balaban J connectivity index is 1.61. The van der Waals surface area contributed by atoms with E-state index in [-0.39, 0.29) is 17.6 Å². The van der Waals surface area contributed by atoms with Gasteiger partial charge in [-0.3, -0.25) is 14.6 Å². The summed E-state index contributed by atoms with van der Waals surface area (Å²) in [5.74, 6) is -0.222. The molecule has 1 N–H and O–H groups in total. The maximum Gasteiger partial charge on any atom is 0.291 e. The molecule has 0 atom stereocenters. The highest BCUT2D eigenvalue weighted by Gasteiger charge is 2.24. The van der Waals surface area contributed by atoms with E-state index in [0.29, 0.717) is 17.8 Å². The normalized spacial score (nSPS) is 13.1. The Kier molecular flexibility index (Phi) is 4.46. The molecule has 0 unspecified atom stereocenters. The highest BCUT2D eigenvalue weighted by atomic mass is 16.3. The quantitative estimate of drug-likeness (QED) is 0.769. The number of fused-ring (bicyclic) bond motifs is 1. The number of hydrogen-bond donors (Lipinski definition) is 1. The predicted molar refractivity (Wildman–Crippen MR) is 102 cm³/mol. The molecule has 6 nitrogen and oxygen atoms in total. The van der Waals surface area contributed by atoms with E-state index in [2.05, 4.69) is 10.3 Å². The Hall–Kier alpha value is -3.41. The summed E-state index contributed by atoms with van der Waals surface area (Å²) in [6, 6.07) is 12.3. The number of amides is 2. The van der Waals surface area contributed by atoms with Crippen LogP contribution in [0.15, 0.2) is 59.3 Å². The average Bonchev–Trinajstić information content (AvgIpc) is 3.24. The summed E-state index contributed by atoms with van der Waals surface area (Å²) < 4.78 is 5.13. The molecule has 0 saturated heterocycles. The van der Waals surface area contributed by atoms with Crippen LogP contribution >= 0.6 is 0 Å². The van der Waals surface area contributed by atoms with E-state index in [4.69, 9.17) is 4.42 Å². The van der Waals surface area contributed by atoms with Crippen LogP contribution in [0.4, 0.5) is 11.4 Å². The van der Waals surface area contributed by atoms with E-state index in [1.807, 2.05) is 25.1 Å². The molecule has 1 aliphatic heterocycles. The molecular formula is C21H19N3O3. The van der Waals surface area contributed by atoms with E-state index in [0.717, 1.165) is 29.8 Å². The van der Waals surface area contributed by atoms with Gasteiger partial charge in [-0.2, -0.15) is 0 Å². The van der Waals surface area contributed by atoms with Gasteiger partial charge in [0.1, 0.15) is 0 Å². The van der Waals surface area contributed by atoms with Gasteiger partial charge in [-0.15, -0.1) is 0 Å². The van der Waals surface area contributed by atoms with Gasteiger partial charge < -0.3 is 14.6 Å². The van der Waals surface area contributed by atoms with Crippen molar-refractivity contribution in [3.63, 3.8) is 0 Å². The molecule has 1 aliphatic rings. The fraction of sp³-hybridized carbons (Fsp3) is 0.190. The number of carbonyl (C=O) groups is 2. The van der Waals surface area contributed by atoms with Crippen molar-refractivity contribution < 1.29 is 14.0 Å². The Bertz CT molecular complexity index is 996. The topological polar surface area (TPSA) is 75.4 Å². The number of rotatable bonds is 3. The molecule has 0 saturated carbocycles. The number of anilines is 2. The van der Waals surface area contributed by atoms with Crippen LogP contribution in [0.1, 0.15) is 38.6 Å². The standard InChI is InChI=1S/C21H19N3O3/c1-14-8-9-15(13-17(14)23-20(25)19-7-4-12-27-19)21(26)24-11-3-5-16-18(24)6-2-10-22-16/h2,4,6-10,12-13H,3,5,11H2,1H3,(H,23,25). The summed E-state index contributed by atoms with van der Waals surface area (Å²) in [6.45, 7) is 2.53. The molecule has 0 radical (unpaired) electrons. The van der Waals surface area contributed by atoms with E-state index in [1.54, 1.807) is 35.4 Å². The number of carbonyl (C=O) groups excluding carboxylic acids is 2. The monoisotopic (exact) mass is 361 g/mol. The number of aryl methyl sites for hydroxylation is 2. The molecule has 0 bridgehead atoms. The first-order valence-electron chi connectivity index (χ1n) is 8.85. The third-order valence-electron chi connectivity index (χ3n) is 4.68. The van der Waals surface area contributed by atoms with Crippen LogP contribution in [-0.2, 0) is 6.42 Å². The van der Waals surface area contributed by atoms with Crippen molar-refractivity contribution in [1.82, 2.24) is 4.98 Å². The highest BCUT2D eigenvalue weighted by Crippen LogP contribution is 2.27. The van der Waals surface area contributed by atoms with Crippen LogP contribution in [0.2, 0.25) is 0 Å². The highest BCUT2D eigenvalue weighted by molar-refractivity contribution is 6.08. The lowest BCUT2D eigenvalue weighted by Gasteiger charge is -2.28. The number of pyridine rings is 1. The SMILES string of the molecule is Cc1ccc(C(=O)N2CCCc3ncccc32)cc1NC(=O)c1ccco1. The molecule has 3 heterocycles. The second-order valence-corrected chi connectivity index (χ2v) is 6.49. The number of furan rings is 1. The molecular weight excluding hydrogens is 342 g/mol. The molecule has 1 aromatic carbocycles. The summed E-state index contributed by atoms with van der Waals surface area (Å²) >= 11 is 0. The number of benzene rings is 1. The largest absolute Gasteiger partial charge is 0.459 e. The third kappa shape index (κ3) is 3.33. The fourth-order valence-electron chi connectivity index (χ4n) is 3.24. The summed E-state index contributed by atoms with van der Waals surface area (Å²) in [5, 5.41) is 2.81. The van der Waals surface area contributed by atoms with Crippen molar-refractivity contribution in [3.8, 4) is 0 Å². The summed E-state index contributed by atoms with van der Waals surface area (Å²) in [4.78, 5) is 31.5. The van der Waals surface area contributed by atoms with E-state index in [9.17, 15) is 9.59 Å². The number of hydrogen-bond acceptors (Lipinski definition) is 4. The molecule has 2 aromatic heterocycles. The lowest BCUT2D eigenvalue weighted by molar-refractivity contribution is 0.0979. The van der Waals surface area contributed by atoms with Gasteiger partial charge in [-0.05, 0) is 61.7 Å². The lowest BCUT2D eigenvalue weighted by atomic mass is 10.0. The van der Waals surface area contributed by atoms with Gasteiger partial charge in [-0.1, -0.05) is 6.07 Å². The first-order valence-corrected chi connectivity index (χ1v) is 8.85. The Morgan fingerprint density at radius 3 is 2.89 bits per heavy atom. The van der Waals surface area contributed by atoms with Gasteiger partial charge in [0.25, 0.3) is 11.8 Å². The first kappa shape index (κ1) is 17.0. The number of aromatic nitrogens is 1. The van der Waals surface area contributed by atoms with Gasteiger partial charge in [0, 0.05) is 24.0 Å². The molecule has 27 heavy (non-hydrogen) atoms. The summed E-state index contributed by atoms with van der Waals surface area (Å²) in [6.07, 6.45) is 4.95. The minimum atomic E-state index is -0.347.